The molecule has 0 radical (unpaired) electrons. The Hall–Kier alpha value is -1.58. The van der Waals surface area contributed by atoms with Crippen LogP contribution >= 0.6 is 15.9 Å². The number of rotatable bonds is 1. The first-order valence-corrected chi connectivity index (χ1v) is 8.12. The third-order valence-electron chi connectivity index (χ3n) is 4.38. The van der Waals surface area contributed by atoms with Gasteiger partial charge in [0.2, 0.25) is 0 Å². The van der Waals surface area contributed by atoms with E-state index in [4.69, 9.17) is 0 Å². The molecule has 1 unspecified atom stereocenters. The lowest BCUT2D eigenvalue weighted by molar-refractivity contribution is 0.560. The van der Waals surface area contributed by atoms with Gasteiger partial charge in [0.05, 0.1) is 6.04 Å². The van der Waals surface area contributed by atoms with E-state index < -0.39 is 0 Å². The lowest BCUT2D eigenvalue weighted by Crippen LogP contribution is -2.30. The number of halogens is 1. The molecule has 0 bridgehead atoms. The van der Waals surface area contributed by atoms with E-state index in [1.54, 1.807) is 0 Å². The normalized spacial score (nSPS) is 17.9. The molecule has 1 aliphatic rings. The summed E-state index contributed by atoms with van der Waals surface area (Å²) in [6.45, 7) is 3.19. The summed E-state index contributed by atoms with van der Waals surface area (Å²) in [6.07, 6.45) is 1.09. The highest BCUT2D eigenvalue weighted by Gasteiger charge is 2.25. The van der Waals surface area contributed by atoms with Gasteiger partial charge in [0.25, 0.3) is 0 Å². The van der Waals surface area contributed by atoms with E-state index in [1.165, 1.54) is 33.3 Å². The van der Waals surface area contributed by atoms with Crippen molar-refractivity contribution < 1.29 is 0 Å². The predicted molar refractivity (Wildman–Crippen MR) is 90.7 cm³/mol. The van der Waals surface area contributed by atoms with E-state index >= 15 is 0 Å². The minimum Gasteiger partial charge on any atom is -0.356 e. The maximum atomic E-state index is 3.67. The maximum Gasteiger partial charge on any atom is 0.0732 e. The van der Waals surface area contributed by atoms with Crippen LogP contribution in [0.5, 0.6) is 0 Å². The fraction of sp³-hybridized carbons (Fsp3) is 0.222. The van der Waals surface area contributed by atoms with Crippen molar-refractivity contribution in [1.29, 1.82) is 0 Å². The Morgan fingerprint density at radius 3 is 2.86 bits per heavy atom. The Kier molecular flexibility index (Phi) is 3.12. The Bertz CT molecular complexity index is 819. The lowest BCUT2D eigenvalue weighted by Gasteiger charge is -2.25. The van der Waals surface area contributed by atoms with Crippen LogP contribution in [0, 0.1) is 6.92 Å². The Balaban J connectivity index is 1.92. The second kappa shape index (κ2) is 5.00. The molecule has 21 heavy (non-hydrogen) atoms. The van der Waals surface area contributed by atoms with Gasteiger partial charge in [-0.25, -0.2) is 0 Å². The zero-order valence-corrected chi connectivity index (χ0v) is 13.5. The summed E-state index contributed by atoms with van der Waals surface area (Å²) >= 11 is 3.58. The Morgan fingerprint density at radius 1 is 1.14 bits per heavy atom. The smallest absolute Gasteiger partial charge is 0.0732 e. The van der Waals surface area contributed by atoms with Gasteiger partial charge in [-0.2, -0.15) is 0 Å². The van der Waals surface area contributed by atoms with Crippen molar-refractivity contribution in [3.05, 3.63) is 69.3 Å². The minimum atomic E-state index is 0.248. The van der Waals surface area contributed by atoms with Crippen molar-refractivity contribution in [3.63, 3.8) is 0 Å². The van der Waals surface area contributed by atoms with Crippen LogP contribution < -0.4 is 5.32 Å². The molecule has 0 spiro atoms. The van der Waals surface area contributed by atoms with E-state index in [2.05, 4.69) is 75.6 Å². The second-order valence-electron chi connectivity index (χ2n) is 5.71. The minimum absolute atomic E-state index is 0.248. The molecule has 3 aromatic rings. The molecule has 2 heterocycles. The molecule has 2 aromatic carbocycles. The lowest BCUT2D eigenvalue weighted by atomic mass is 9.94. The number of aryl methyl sites for hydroxylation is 1. The van der Waals surface area contributed by atoms with Gasteiger partial charge in [0, 0.05) is 27.6 Å². The number of benzene rings is 2. The van der Waals surface area contributed by atoms with Crippen LogP contribution in [-0.4, -0.2) is 11.5 Å². The summed E-state index contributed by atoms with van der Waals surface area (Å²) in [6, 6.07) is 15.4. The molecule has 2 N–H and O–H groups in total. The highest BCUT2D eigenvalue weighted by Crippen LogP contribution is 2.35. The number of H-pyrrole nitrogens is 1. The molecule has 0 amide bonds. The third-order valence-corrected chi connectivity index (χ3v) is 4.87. The van der Waals surface area contributed by atoms with Gasteiger partial charge >= 0.3 is 0 Å². The van der Waals surface area contributed by atoms with E-state index in [0.29, 0.717) is 0 Å². The molecule has 0 saturated carbocycles. The van der Waals surface area contributed by atoms with Gasteiger partial charge in [-0.05, 0) is 42.2 Å². The summed E-state index contributed by atoms with van der Waals surface area (Å²) in [7, 11) is 0. The van der Waals surface area contributed by atoms with Gasteiger partial charge in [0.15, 0.2) is 0 Å². The predicted octanol–water partition coefficient (Wildman–Crippen LogP) is 4.47. The average Bonchev–Trinajstić information content (AvgIpc) is 2.87. The van der Waals surface area contributed by atoms with E-state index in [-0.39, 0.29) is 6.04 Å². The zero-order chi connectivity index (χ0) is 14.4. The summed E-state index contributed by atoms with van der Waals surface area (Å²) in [5.74, 6) is 0. The standard InChI is InChI=1S/C18H17BrN2/c1-11-4-2-7-14-15-8-9-20-17(18(15)21-16(11)14)12-5-3-6-13(19)10-12/h2-7,10,17,20-21H,8-9H2,1H3. The van der Waals surface area contributed by atoms with Crippen molar-refractivity contribution in [2.75, 3.05) is 6.54 Å². The zero-order valence-electron chi connectivity index (χ0n) is 11.9. The molecule has 2 nitrogen and oxygen atoms in total. The first-order chi connectivity index (χ1) is 10.2. The van der Waals surface area contributed by atoms with Crippen LogP contribution in [-0.2, 0) is 6.42 Å². The molecule has 3 heteroatoms. The molecule has 106 valence electrons. The second-order valence-corrected chi connectivity index (χ2v) is 6.62. The maximum absolute atomic E-state index is 3.67. The quantitative estimate of drug-likeness (QED) is 0.671. The Morgan fingerprint density at radius 2 is 2.00 bits per heavy atom. The molecule has 0 saturated heterocycles. The fourth-order valence-corrected chi connectivity index (χ4v) is 3.79. The number of aromatic amines is 1. The van der Waals surface area contributed by atoms with Crippen LogP contribution in [0.3, 0.4) is 0 Å². The summed E-state index contributed by atoms with van der Waals surface area (Å²) in [5.41, 5.74) is 6.69. The molecule has 0 aliphatic carbocycles. The van der Waals surface area contributed by atoms with Gasteiger partial charge in [-0.3, -0.25) is 0 Å². The van der Waals surface area contributed by atoms with Crippen LogP contribution in [0.1, 0.15) is 28.4 Å². The molecular weight excluding hydrogens is 324 g/mol. The molecule has 1 aromatic heterocycles. The summed E-state index contributed by atoms with van der Waals surface area (Å²) in [5, 5.41) is 5.03. The van der Waals surface area contributed by atoms with Crippen molar-refractivity contribution >= 4 is 26.8 Å². The number of para-hydroxylation sites is 1. The molecular formula is C18H17BrN2. The van der Waals surface area contributed by atoms with E-state index in [0.717, 1.165) is 17.4 Å². The van der Waals surface area contributed by atoms with Crippen LogP contribution in [0.4, 0.5) is 0 Å². The van der Waals surface area contributed by atoms with E-state index in [1.807, 2.05) is 0 Å². The van der Waals surface area contributed by atoms with Crippen LogP contribution in [0.2, 0.25) is 0 Å². The van der Waals surface area contributed by atoms with Crippen LogP contribution in [0.15, 0.2) is 46.9 Å². The van der Waals surface area contributed by atoms with Gasteiger partial charge in [-0.1, -0.05) is 46.3 Å². The third kappa shape index (κ3) is 2.12. The highest BCUT2D eigenvalue weighted by molar-refractivity contribution is 9.10. The van der Waals surface area contributed by atoms with Crippen molar-refractivity contribution in [3.8, 4) is 0 Å². The largest absolute Gasteiger partial charge is 0.356 e. The highest BCUT2D eigenvalue weighted by atomic mass is 79.9. The number of aromatic nitrogens is 1. The number of hydrogen-bond donors (Lipinski definition) is 2. The van der Waals surface area contributed by atoms with Crippen molar-refractivity contribution in [2.24, 2.45) is 0 Å². The van der Waals surface area contributed by atoms with Crippen molar-refractivity contribution in [2.45, 2.75) is 19.4 Å². The van der Waals surface area contributed by atoms with Gasteiger partial charge < -0.3 is 10.3 Å². The summed E-state index contributed by atoms with van der Waals surface area (Å²) < 4.78 is 1.13. The van der Waals surface area contributed by atoms with Crippen molar-refractivity contribution in [1.82, 2.24) is 10.3 Å². The molecule has 1 aliphatic heterocycles. The molecule has 0 fully saturated rings. The Labute approximate surface area is 132 Å². The first kappa shape index (κ1) is 13.1. The van der Waals surface area contributed by atoms with Crippen LogP contribution in [0.25, 0.3) is 10.9 Å². The summed E-state index contributed by atoms with van der Waals surface area (Å²) in [4.78, 5) is 3.67. The van der Waals surface area contributed by atoms with E-state index in [9.17, 15) is 0 Å². The molecule has 4 rings (SSSR count). The number of hydrogen-bond acceptors (Lipinski definition) is 1. The average molecular weight is 341 g/mol. The fourth-order valence-electron chi connectivity index (χ4n) is 3.37. The first-order valence-electron chi connectivity index (χ1n) is 7.33. The SMILES string of the molecule is Cc1cccc2c3c([nH]c12)C(c1cccc(Br)c1)NCC3. The molecule has 1 atom stereocenters. The monoisotopic (exact) mass is 340 g/mol. The number of nitrogens with one attached hydrogen (secondary N) is 2. The number of fused-ring (bicyclic) bond motifs is 3. The van der Waals surface area contributed by atoms with Gasteiger partial charge in [-0.15, -0.1) is 0 Å². The topological polar surface area (TPSA) is 27.8 Å². The van der Waals surface area contributed by atoms with Gasteiger partial charge in [0.1, 0.15) is 0 Å².